The van der Waals surface area contributed by atoms with Gasteiger partial charge in [-0.2, -0.15) is 0 Å². The molecule has 18 heavy (non-hydrogen) atoms. The van der Waals surface area contributed by atoms with Gasteiger partial charge in [0.15, 0.2) is 0 Å². The fraction of sp³-hybridized carbons (Fsp3) is 0.533. The van der Waals surface area contributed by atoms with Crippen molar-refractivity contribution < 1.29 is 9.53 Å². The van der Waals surface area contributed by atoms with Crippen molar-refractivity contribution in [2.24, 2.45) is 0 Å². The summed E-state index contributed by atoms with van der Waals surface area (Å²) in [4.78, 5) is 11.2. The zero-order chi connectivity index (χ0) is 13.4. The van der Waals surface area contributed by atoms with E-state index in [9.17, 15) is 4.79 Å². The number of hydrogen-bond donors (Lipinski definition) is 1. The van der Waals surface area contributed by atoms with Gasteiger partial charge in [-0.05, 0) is 12.5 Å². The molecule has 0 saturated carbocycles. The monoisotopic (exact) mass is 249 g/mol. The molecule has 1 rings (SSSR count). The number of nitrogens with one attached hydrogen (secondary N) is 1. The van der Waals surface area contributed by atoms with Crippen molar-refractivity contribution in [3.63, 3.8) is 0 Å². The third kappa shape index (κ3) is 4.88. The minimum atomic E-state index is -0.137. The fourth-order valence-corrected chi connectivity index (χ4v) is 1.82. The average molecular weight is 249 g/mol. The van der Waals surface area contributed by atoms with Gasteiger partial charge in [-0.3, -0.25) is 4.79 Å². The number of carbonyl (C=O) groups is 1. The Balaban J connectivity index is 2.32. The Kier molecular flexibility index (Phi) is 5.86. The Hall–Kier alpha value is -1.35. The van der Waals surface area contributed by atoms with E-state index in [1.54, 1.807) is 0 Å². The SMILES string of the molecule is CCOC(=O)CCNCC(C)(C)c1ccccc1. The maximum atomic E-state index is 11.2. The topological polar surface area (TPSA) is 38.3 Å². The molecule has 0 amide bonds. The van der Waals surface area contributed by atoms with Crippen molar-refractivity contribution in [2.45, 2.75) is 32.6 Å². The van der Waals surface area contributed by atoms with Gasteiger partial charge in [-0.25, -0.2) is 0 Å². The van der Waals surface area contributed by atoms with E-state index in [2.05, 4.69) is 43.4 Å². The number of rotatable bonds is 7. The molecule has 0 radical (unpaired) electrons. The zero-order valence-electron chi connectivity index (χ0n) is 11.5. The number of ether oxygens (including phenoxy) is 1. The van der Waals surface area contributed by atoms with Crippen LogP contribution in [-0.2, 0) is 14.9 Å². The van der Waals surface area contributed by atoms with E-state index in [0.717, 1.165) is 6.54 Å². The molecule has 0 bridgehead atoms. The first-order chi connectivity index (χ1) is 8.56. The van der Waals surface area contributed by atoms with Gasteiger partial charge < -0.3 is 10.1 Å². The number of esters is 1. The summed E-state index contributed by atoms with van der Waals surface area (Å²) < 4.78 is 4.88. The second kappa shape index (κ2) is 7.17. The molecule has 0 fully saturated rings. The van der Waals surface area contributed by atoms with Crippen LogP contribution in [0.5, 0.6) is 0 Å². The molecule has 100 valence electrons. The molecule has 0 saturated heterocycles. The Labute approximate surface area is 110 Å². The first-order valence-electron chi connectivity index (χ1n) is 6.48. The van der Waals surface area contributed by atoms with Crippen molar-refractivity contribution >= 4 is 5.97 Å². The molecule has 0 unspecified atom stereocenters. The van der Waals surface area contributed by atoms with Crippen molar-refractivity contribution in [3.8, 4) is 0 Å². The van der Waals surface area contributed by atoms with Gasteiger partial charge in [0, 0.05) is 18.5 Å². The van der Waals surface area contributed by atoms with Crippen LogP contribution in [-0.4, -0.2) is 25.7 Å². The lowest BCUT2D eigenvalue weighted by molar-refractivity contribution is -0.142. The van der Waals surface area contributed by atoms with Crippen molar-refractivity contribution in [1.29, 1.82) is 0 Å². The van der Waals surface area contributed by atoms with Gasteiger partial charge in [-0.15, -0.1) is 0 Å². The smallest absolute Gasteiger partial charge is 0.307 e. The second-order valence-electron chi connectivity index (χ2n) is 4.98. The maximum Gasteiger partial charge on any atom is 0.307 e. The molecule has 0 aromatic heterocycles. The lowest BCUT2D eigenvalue weighted by Gasteiger charge is -2.25. The number of carbonyl (C=O) groups excluding carboxylic acids is 1. The number of benzene rings is 1. The predicted octanol–water partition coefficient (Wildman–Crippen LogP) is 2.51. The normalized spacial score (nSPS) is 11.3. The van der Waals surface area contributed by atoms with Crippen LogP contribution in [0.15, 0.2) is 30.3 Å². The van der Waals surface area contributed by atoms with Crippen LogP contribution >= 0.6 is 0 Å². The average Bonchev–Trinajstić information content (AvgIpc) is 2.36. The van der Waals surface area contributed by atoms with E-state index in [-0.39, 0.29) is 11.4 Å². The van der Waals surface area contributed by atoms with Crippen LogP contribution in [0, 0.1) is 0 Å². The summed E-state index contributed by atoms with van der Waals surface area (Å²) in [6, 6.07) is 10.4. The molecule has 0 atom stereocenters. The van der Waals surface area contributed by atoms with Crippen LogP contribution in [0.4, 0.5) is 0 Å². The minimum absolute atomic E-state index is 0.0654. The molecule has 1 N–H and O–H groups in total. The summed E-state index contributed by atoms with van der Waals surface area (Å²) in [7, 11) is 0. The molecule has 3 heteroatoms. The van der Waals surface area contributed by atoms with Gasteiger partial charge >= 0.3 is 5.97 Å². The highest BCUT2D eigenvalue weighted by molar-refractivity contribution is 5.69. The number of hydrogen-bond acceptors (Lipinski definition) is 3. The van der Waals surface area contributed by atoms with Crippen molar-refractivity contribution in [3.05, 3.63) is 35.9 Å². The van der Waals surface area contributed by atoms with Crippen LogP contribution < -0.4 is 5.32 Å². The second-order valence-corrected chi connectivity index (χ2v) is 4.98. The van der Waals surface area contributed by atoms with E-state index in [1.807, 2.05) is 13.0 Å². The Bertz CT molecular complexity index is 360. The molecular weight excluding hydrogens is 226 g/mol. The highest BCUT2D eigenvalue weighted by Gasteiger charge is 2.19. The van der Waals surface area contributed by atoms with Crippen LogP contribution in [0.3, 0.4) is 0 Å². The lowest BCUT2D eigenvalue weighted by atomic mass is 9.84. The standard InChI is InChI=1S/C15H23NO2/c1-4-18-14(17)10-11-16-12-15(2,3)13-8-6-5-7-9-13/h5-9,16H,4,10-12H2,1-3H3. The Morgan fingerprint density at radius 3 is 2.56 bits per heavy atom. The van der Waals surface area contributed by atoms with E-state index < -0.39 is 0 Å². The van der Waals surface area contributed by atoms with Crippen LogP contribution in [0.1, 0.15) is 32.8 Å². The minimum Gasteiger partial charge on any atom is -0.466 e. The van der Waals surface area contributed by atoms with Crippen LogP contribution in [0.2, 0.25) is 0 Å². The molecule has 0 heterocycles. The van der Waals surface area contributed by atoms with E-state index >= 15 is 0 Å². The summed E-state index contributed by atoms with van der Waals surface area (Å²) in [6.45, 7) is 8.17. The highest BCUT2D eigenvalue weighted by atomic mass is 16.5. The summed E-state index contributed by atoms with van der Waals surface area (Å²) in [5.74, 6) is -0.137. The first kappa shape index (κ1) is 14.7. The summed E-state index contributed by atoms with van der Waals surface area (Å²) in [5.41, 5.74) is 1.37. The molecule has 1 aromatic carbocycles. The molecule has 0 aliphatic rings. The highest BCUT2D eigenvalue weighted by Crippen LogP contribution is 2.21. The van der Waals surface area contributed by atoms with Crippen molar-refractivity contribution in [2.75, 3.05) is 19.7 Å². The van der Waals surface area contributed by atoms with E-state index in [4.69, 9.17) is 4.74 Å². The van der Waals surface area contributed by atoms with Gasteiger partial charge in [0.1, 0.15) is 0 Å². The summed E-state index contributed by atoms with van der Waals surface area (Å²) in [6.07, 6.45) is 0.429. The van der Waals surface area contributed by atoms with Crippen LogP contribution in [0.25, 0.3) is 0 Å². The van der Waals surface area contributed by atoms with Gasteiger partial charge in [-0.1, -0.05) is 44.2 Å². The molecular formula is C15H23NO2. The molecule has 1 aromatic rings. The largest absolute Gasteiger partial charge is 0.466 e. The van der Waals surface area contributed by atoms with Gasteiger partial charge in [0.25, 0.3) is 0 Å². The third-order valence-electron chi connectivity index (χ3n) is 2.93. The molecule has 0 aliphatic carbocycles. The Morgan fingerprint density at radius 2 is 1.94 bits per heavy atom. The first-order valence-corrected chi connectivity index (χ1v) is 6.48. The van der Waals surface area contributed by atoms with E-state index in [0.29, 0.717) is 19.6 Å². The lowest BCUT2D eigenvalue weighted by Crippen LogP contribution is -2.34. The molecule has 0 spiro atoms. The third-order valence-corrected chi connectivity index (χ3v) is 2.93. The zero-order valence-corrected chi connectivity index (χ0v) is 11.5. The quantitative estimate of drug-likeness (QED) is 0.596. The van der Waals surface area contributed by atoms with Crippen molar-refractivity contribution in [1.82, 2.24) is 5.32 Å². The summed E-state index contributed by atoms with van der Waals surface area (Å²) >= 11 is 0. The maximum absolute atomic E-state index is 11.2. The molecule has 0 aliphatic heterocycles. The van der Waals surface area contributed by atoms with E-state index in [1.165, 1.54) is 5.56 Å². The Morgan fingerprint density at radius 1 is 1.28 bits per heavy atom. The molecule has 3 nitrogen and oxygen atoms in total. The predicted molar refractivity (Wildman–Crippen MR) is 73.6 cm³/mol. The van der Waals surface area contributed by atoms with Gasteiger partial charge in [0.2, 0.25) is 0 Å². The fourth-order valence-electron chi connectivity index (χ4n) is 1.82. The summed E-state index contributed by atoms with van der Waals surface area (Å²) in [5, 5.41) is 3.31. The van der Waals surface area contributed by atoms with Gasteiger partial charge in [0.05, 0.1) is 13.0 Å².